The SMILES string of the molecule is C=CCCC[C@@H]1CC(=O)C[C@@H](C)[C@@]1(C)C(=O)OC. The summed E-state index contributed by atoms with van der Waals surface area (Å²) in [5.74, 6) is 0.250. The van der Waals surface area contributed by atoms with Gasteiger partial charge in [-0.25, -0.2) is 0 Å². The minimum Gasteiger partial charge on any atom is -0.469 e. The largest absolute Gasteiger partial charge is 0.469 e. The van der Waals surface area contributed by atoms with Gasteiger partial charge >= 0.3 is 5.97 Å². The Kier molecular flexibility index (Phi) is 5.12. The molecular weight excluding hydrogens is 228 g/mol. The first-order valence-electron chi connectivity index (χ1n) is 6.67. The fourth-order valence-corrected chi connectivity index (χ4v) is 3.02. The Morgan fingerprint density at radius 2 is 2.22 bits per heavy atom. The number of hydrogen-bond donors (Lipinski definition) is 0. The van der Waals surface area contributed by atoms with Crippen LogP contribution in [0.15, 0.2) is 12.7 Å². The van der Waals surface area contributed by atoms with E-state index in [1.54, 1.807) is 0 Å². The van der Waals surface area contributed by atoms with E-state index < -0.39 is 5.41 Å². The summed E-state index contributed by atoms with van der Waals surface area (Å²) >= 11 is 0. The Morgan fingerprint density at radius 1 is 1.56 bits per heavy atom. The monoisotopic (exact) mass is 252 g/mol. The Bertz CT molecular complexity index is 335. The molecule has 0 aromatic carbocycles. The van der Waals surface area contributed by atoms with Crippen molar-refractivity contribution in [2.45, 2.75) is 46.0 Å². The lowest BCUT2D eigenvalue weighted by atomic mass is 9.60. The van der Waals surface area contributed by atoms with Gasteiger partial charge in [0.15, 0.2) is 0 Å². The van der Waals surface area contributed by atoms with Gasteiger partial charge in [0.1, 0.15) is 5.78 Å². The summed E-state index contributed by atoms with van der Waals surface area (Å²) in [7, 11) is 1.43. The maximum atomic E-state index is 12.1. The zero-order valence-corrected chi connectivity index (χ0v) is 11.7. The zero-order chi connectivity index (χ0) is 13.8. The highest BCUT2D eigenvalue weighted by Crippen LogP contribution is 2.47. The number of rotatable bonds is 5. The van der Waals surface area contributed by atoms with E-state index in [2.05, 4.69) is 6.58 Å². The van der Waals surface area contributed by atoms with E-state index in [0.29, 0.717) is 12.8 Å². The second-order valence-electron chi connectivity index (χ2n) is 5.54. The number of allylic oxidation sites excluding steroid dienone is 1. The highest BCUT2D eigenvalue weighted by atomic mass is 16.5. The van der Waals surface area contributed by atoms with Crippen LogP contribution >= 0.6 is 0 Å². The van der Waals surface area contributed by atoms with E-state index in [0.717, 1.165) is 19.3 Å². The molecule has 0 aromatic rings. The van der Waals surface area contributed by atoms with Crippen LogP contribution in [0.2, 0.25) is 0 Å². The van der Waals surface area contributed by atoms with Crippen molar-refractivity contribution in [1.82, 2.24) is 0 Å². The number of unbranched alkanes of at least 4 members (excludes halogenated alkanes) is 1. The summed E-state index contributed by atoms with van der Waals surface area (Å²) in [6.07, 6.45) is 5.66. The van der Waals surface area contributed by atoms with Crippen molar-refractivity contribution in [3.05, 3.63) is 12.7 Å². The molecule has 1 fully saturated rings. The second kappa shape index (κ2) is 6.17. The highest BCUT2D eigenvalue weighted by molar-refractivity contribution is 5.85. The third-order valence-electron chi connectivity index (χ3n) is 4.47. The van der Waals surface area contributed by atoms with Gasteiger partial charge in [0.05, 0.1) is 12.5 Å². The summed E-state index contributed by atoms with van der Waals surface area (Å²) in [5.41, 5.74) is -0.524. The van der Waals surface area contributed by atoms with Crippen LogP contribution in [0, 0.1) is 17.3 Å². The van der Waals surface area contributed by atoms with E-state index in [1.165, 1.54) is 7.11 Å². The molecule has 0 radical (unpaired) electrons. The third kappa shape index (κ3) is 2.82. The lowest BCUT2D eigenvalue weighted by Gasteiger charge is -2.43. The average Bonchev–Trinajstić information content (AvgIpc) is 2.34. The molecule has 0 spiro atoms. The maximum absolute atomic E-state index is 12.1. The number of hydrogen-bond acceptors (Lipinski definition) is 3. The lowest BCUT2D eigenvalue weighted by molar-refractivity contribution is -0.163. The van der Waals surface area contributed by atoms with Crippen LogP contribution < -0.4 is 0 Å². The first-order chi connectivity index (χ1) is 8.46. The number of methoxy groups -OCH3 is 1. The zero-order valence-electron chi connectivity index (χ0n) is 11.7. The molecule has 1 saturated carbocycles. The van der Waals surface area contributed by atoms with Gasteiger partial charge in [-0.05, 0) is 38.0 Å². The molecule has 0 aliphatic heterocycles. The van der Waals surface area contributed by atoms with Crippen molar-refractivity contribution in [2.75, 3.05) is 7.11 Å². The molecule has 0 unspecified atom stereocenters. The normalized spacial score (nSPS) is 32.1. The minimum absolute atomic E-state index is 0.0555. The smallest absolute Gasteiger partial charge is 0.312 e. The topological polar surface area (TPSA) is 43.4 Å². The molecule has 0 amide bonds. The number of Topliss-reactive ketones (excluding diaryl/α,β-unsaturated/α-hetero) is 1. The van der Waals surface area contributed by atoms with Gasteiger partial charge in [-0.3, -0.25) is 9.59 Å². The predicted octanol–water partition coefficient (Wildman–Crippen LogP) is 3.14. The van der Waals surface area contributed by atoms with E-state index in [-0.39, 0.29) is 23.6 Å². The molecule has 18 heavy (non-hydrogen) atoms. The van der Waals surface area contributed by atoms with Gasteiger partial charge in [0, 0.05) is 12.8 Å². The summed E-state index contributed by atoms with van der Waals surface area (Å²) in [6.45, 7) is 7.64. The van der Waals surface area contributed by atoms with Crippen molar-refractivity contribution in [1.29, 1.82) is 0 Å². The number of ether oxygens (including phenoxy) is 1. The summed E-state index contributed by atoms with van der Waals surface area (Å²) in [4.78, 5) is 23.8. The van der Waals surface area contributed by atoms with Gasteiger partial charge in [0.2, 0.25) is 0 Å². The number of esters is 1. The van der Waals surface area contributed by atoms with Crippen molar-refractivity contribution < 1.29 is 14.3 Å². The molecule has 0 aromatic heterocycles. The fraction of sp³-hybridized carbons (Fsp3) is 0.733. The molecule has 0 bridgehead atoms. The van der Waals surface area contributed by atoms with Crippen LogP contribution in [0.3, 0.4) is 0 Å². The van der Waals surface area contributed by atoms with Crippen molar-refractivity contribution >= 4 is 11.8 Å². The summed E-state index contributed by atoms with van der Waals surface area (Å²) < 4.78 is 4.96. The van der Waals surface area contributed by atoms with Crippen molar-refractivity contribution in [3.8, 4) is 0 Å². The van der Waals surface area contributed by atoms with Crippen molar-refractivity contribution in [2.24, 2.45) is 17.3 Å². The molecule has 0 N–H and O–H groups in total. The Balaban J connectivity index is 2.87. The number of carbonyl (C=O) groups excluding carboxylic acids is 2. The molecular formula is C15H24O3. The molecule has 0 heterocycles. The van der Waals surface area contributed by atoms with Gasteiger partial charge in [-0.15, -0.1) is 6.58 Å². The molecule has 0 saturated heterocycles. The maximum Gasteiger partial charge on any atom is 0.312 e. The van der Waals surface area contributed by atoms with Crippen LogP contribution in [0.4, 0.5) is 0 Å². The first-order valence-corrected chi connectivity index (χ1v) is 6.67. The van der Waals surface area contributed by atoms with Gasteiger partial charge in [0.25, 0.3) is 0 Å². The fourth-order valence-electron chi connectivity index (χ4n) is 3.02. The molecule has 1 aliphatic rings. The molecule has 102 valence electrons. The molecule has 3 nitrogen and oxygen atoms in total. The standard InChI is InChI=1S/C15H24O3/c1-5-6-7-8-12-10-13(16)9-11(2)15(12,3)14(17)18-4/h5,11-12H,1,6-10H2,2-4H3/t11-,12-,15-/m1/s1. The lowest BCUT2D eigenvalue weighted by Crippen LogP contribution is -2.47. The minimum atomic E-state index is -0.524. The van der Waals surface area contributed by atoms with Crippen molar-refractivity contribution in [3.63, 3.8) is 0 Å². The average molecular weight is 252 g/mol. The predicted molar refractivity (Wildman–Crippen MR) is 71.1 cm³/mol. The Hall–Kier alpha value is -1.12. The van der Waals surface area contributed by atoms with Crippen LogP contribution in [-0.4, -0.2) is 18.9 Å². The number of carbonyl (C=O) groups is 2. The van der Waals surface area contributed by atoms with Gasteiger partial charge < -0.3 is 4.74 Å². The van der Waals surface area contributed by atoms with Gasteiger partial charge in [-0.2, -0.15) is 0 Å². The second-order valence-corrected chi connectivity index (χ2v) is 5.54. The van der Waals surface area contributed by atoms with Crippen LogP contribution in [0.1, 0.15) is 46.0 Å². The Labute approximate surface area is 110 Å². The van der Waals surface area contributed by atoms with E-state index in [1.807, 2.05) is 19.9 Å². The highest BCUT2D eigenvalue weighted by Gasteiger charge is 2.50. The summed E-state index contributed by atoms with van der Waals surface area (Å²) in [6, 6.07) is 0. The molecule has 1 rings (SSSR count). The molecule has 3 atom stereocenters. The van der Waals surface area contributed by atoms with Crippen LogP contribution in [0.25, 0.3) is 0 Å². The first kappa shape index (κ1) is 14.9. The van der Waals surface area contributed by atoms with Gasteiger partial charge in [-0.1, -0.05) is 13.0 Å². The number of ketones is 1. The van der Waals surface area contributed by atoms with E-state index >= 15 is 0 Å². The van der Waals surface area contributed by atoms with E-state index in [4.69, 9.17) is 4.74 Å². The molecule has 1 aliphatic carbocycles. The quantitative estimate of drug-likeness (QED) is 0.429. The van der Waals surface area contributed by atoms with Crippen LogP contribution in [0.5, 0.6) is 0 Å². The van der Waals surface area contributed by atoms with E-state index in [9.17, 15) is 9.59 Å². The van der Waals surface area contributed by atoms with Crippen LogP contribution in [-0.2, 0) is 14.3 Å². The molecule has 3 heteroatoms. The Morgan fingerprint density at radius 3 is 2.78 bits per heavy atom. The summed E-state index contributed by atoms with van der Waals surface area (Å²) in [5, 5.41) is 0. The third-order valence-corrected chi connectivity index (χ3v) is 4.47.